The maximum absolute atomic E-state index is 6.27. The number of rotatable bonds is 4. The molecular weight excluding hydrogens is 296 g/mol. The average molecular weight is 320 g/mol. The Kier molecular flexibility index (Phi) is 4.13. The average Bonchev–Trinajstić information content (AvgIpc) is 3.25. The van der Waals surface area contributed by atoms with E-state index in [-0.39, 0.29) is 6.04 Å². The number of likely N-dealkylation sites (N-methyl/N-ethyl adjacent to an activating group) is 1. The summed E-state index contributed by atoms with van der Waals surface area (Å²) in [6.07, 6.45) is 1.20. The summed E-state index contributed by atoms with van der Waals surface area (Å²) in [5.74, 6) is 2.00. The normalized spacial score (nSPS) is 20.0. The van der Waals surface area contributed by atoms with Crippen LogP contribution in [0.1, 0.15) is 23.8 Å². The van der Waals surface area contributed by atoms with E-state index in [0.717, 1.165) is 30.2 Å². The first kappa shape index (κ1) is 15.4. The van der Waals surface area contributed by atoms with Gasteiger partial charge in [-0.2, -0.15) is 0 Å². The Morgan fingerprint density at radius 3 is 2.58 bits per heavy atom. The highest BCUT2D eigenvalue weighted by Gasteiger charge is 2.32. The summed E-state index contributed by atoms with van der Waals surface area (Å²) in [7, 11) is 4.35. The summed E-state index contributed by atoms with van der Waals surface area (Å²) in [6.45, 7) is 2.16. The third-order valence-electron chi connectivity index (χ3n) is 5.14. The van der Waals surface area contributed by atoms with Crippen molar-refractivity contribution in [3.63, 3.8) is 0 Å². The van der Waals surface area contributed by atoms with Crippen molar-refractivity contribution in [1.82, 2.24) is 9.80 Å². The molecule has 3 aliphatic rings. The topological polar surface area (TPSA) is 19.6 Å². The van der Waals surface area contributed by atoms with E-state index in [1.54, 1.807) is 0 Å². The van der Waals surface area contributed by atoms with Gasteiger partial charge in [0.25, 0.3) is 0 Å². The van der Waals surface area contributed by atoms with Crippen molar-refractivity contribution >= 4 is 0 Å². The molecule has 2 unspecified atom stereocenters. The van der Waals surface area contributed by atoms with Gasteiger partial charge in [-0.15, -0.1) is 0 Å². The zero-order valence-corrected chi connectivity index (χ0v) is 14.4. The van der Waals surface area contributed by atoms with Crippen LogP contribution in [-0.2, 0) is 0 Å². The maximum Gasteiger partial charge on any atom is 0.134 e. The van der Waals surface area contributed by atoms with Gasteiger partial charge >= 0.3 is 0 Å². The van der Waals surface area contributed by atoms with E-state index in [1.807, 2.05) is 12.1 Å². The van der Waals surface area contributed by atoms with Gasteiger partial charge in [-0.05, 0) is 44.3 Å². The van der Waals surface area contributed by atoms with Gasteiger partial charge in [-0.25, -0.2) is 0 Å². The minimum atomic E-state index is 0.176. The van der Waals surface area contributed by atoms with E-state index in [0.29, 0.717) is 6.04 Å². The highest BCUT2D eigenvalue weighted by atomic mass is 16.3. The van der Waals surface area contributed by atoms with Crippen LogP contribution < -0.4 is 0 Å². The fourth-order valence-corrected chi connectivity index (χ4v) is 3.74. The minimum absolute atomic E-state index is 0.176. The first-order chi connectivity index (χ1) is 11.7. The predicted molar refractivity (Wildman–Crippen MR) is 97.3 cm³/mol. The minimum Gasteiger partial charge on any atom is -0.459 e. The first-order valence-electron chi connectivity index (χ1n) is 8.66. The lowest BCUT2D eigenvalue weighted by Crippen LogP contribution is -2.33. The summed E-state index contributed by atoms with van der Waals surface area (Å²) in [4.78, 5) is 4.88. The van der Waals surface area contributed by atoms with Crippen molar-refractivity contribution in [2.75, 3.05) is 27.2 Å². The Morgan fingerprint density at radius 2 is 1.83 bits per heavy atom. The quantitative estimate of drug-likeness (QED) is 0.721. The van der Waals surface area contributed by atoms with Crippen LogP contribution >= 0.6 is 0 Å². The molecule has 2 aliphatic heterocycles. The van der Waals surface area contributed by atoms with Crippen LogP contribution in [0.15, 0.2) is 65.1 Å². The summed E-state index contributed by atoms with van der Waals surface area (Å²) >= 11 is 0. The summed E-state index contributed by atoms with van der Waals surface area (Å²) in [6, 6.07) is 22.0. The van der Waals surface area contributed by atoms with Gasteiger partial charge in [0.2, 0.25) is 0 Å². The zero-order valence-electron chi connectivity index (χ0n) is 14.4. The Morgan fingerprint density at radius 1 is 1.00 bits per heavy atom. The number of likely N-dealkylation sites (tertiary alicyclic amines) is 1. The fraction of sp³-hybridized carbons (Fsp3) is 0.333. The van der Waals surface area contributed by atoms with Gasteiger partial charge in [-0.3, -0.25) is 4.90 Å². The Balaban J connectivity index is 1.73. The van der Waals surface area contributed by atoms with E-state index >= 15 is 0 Å². The van der Waals surface area contributed by atoms with Crippen LogP contribution in [0.2, 0.25) is 0 Å². The molecule has 3 heteroatoms. The number of nitrogens with zero attached hydrogens (tertiary/aromatic N) is 2. The van der Waals surface area contributed by atoms with E-state index < -0.39 is 0 Å². The second-order valence-electron chi connectivity index (χ2n) is 6.90. The second kappa shape index (κ2) is 6.42. The lowest BCUT2D eigenvalue weighted by atomic mass is 10.0. The molecule has 0 amide bonds. The van der Waals surface area contributed by atoms with Gasteiger partial charge in [-0.1, -0.05) is 42.5 Å². The molecule has 0 saturated carbocycles. The van der Waals surface area contributed by atoms with E-state index in [9.17, 15) is 0 Å². The number of hydrogen-bond donors (Lipinski definition) is 0. The van der Waals surface area contributed by atoms with E-state index in [2.05, 4.69) is 72.4 Å². The molecule has 0 bridgehead atoms. The van der Waals surface area contributed by atoms with Crippen LogP contribution in [0.5, 0.6) is 0 Å². The number of fused-ring (bicyclic) bond motifs is 1. The van der Waals surface area contributed by atoms with Crippen molar-refractivity contribution in [3.05, 3.63) is 72.0 Å². The molecule has 0 aromatic heterocycles. The Hall–Kier alpha value is -2.10. The molecule has 0 radical (unpaired) electrons. The van der Waals surface area contributed by atoms with Crippen molar-refractivity contribution in [3.8, 4) is 11.3 Å². The van der Waals surface area contributed by atoms with E-state index in [1.165, 1.54) is 12.0 Å². The fourth-order valence-electron chi connectivity index (χ4n) is 3.74. The van der Waals surface area contributed by atoms with Crippen molar-refractivity contribution < 1.29 is 4.42 Å². The molecule has 1 aromatic rings. The lowest BCUT2D eigenvalue weighted by molar-refractivity contribution is 0.220. The standard InChI is InChI=1S/C21H24N2O/c1-22(2)18-13-14-23(15-18)21(17-7-4-3-5-8-17)20-12-11-16-9-6-10-19(16)24-20/h3-12,18,21H,13-15H2,1-2H3. The molecule has 24 heavy (non-hydrogen) atoms. The molecule has 1 aliphatic carbocycles. The molecule has 0 N–H and O–H groups in total. The smallest absolute Gasteiger partial charge is 0.134 e. The predicted octanol–water partition coefficient (Wildman–Crippen LogP) is 4.11. The van der Waals surface area contributed by atoms with E-state index in [4.69, 9.17) is 4.42 Å². The molecule has 1 aromatic carbocycles. The highest BCUT2D eigenvalue weighted by molar-refractivity contribution is 5.60. The van der Waals surface area contributed by atoms with Crippen molar-refractivity contribution in [1.29, 1.82) is 0 Å². The molecule has 124 valence electrons. The molecule has 2 heterocycles. The monoisotopic (exact) mass is 320 g/mol. The van der Waals surface area contributed by atoms with Crippen LogP contribution in [0.4, 0.5) is 0 Å². The van der Waals surface area contributed by atoms with Crippen molar-refractivity contribution in [2.24, 2.45) is 0 Å². The third-order valence-corrected chi connectivity index (χ3v) is 5.14. The second-order valence-corrected chi connectivity index (χ2v) is 6.90. The number of hydrogen-bond acceptors (Lipinski definition) is 3. The molecule has 1 saturated heterocycles. The van der Waals surface area contributed by atoms with Gasteiger partial charge in [0.05, 0.1) is 6.04 Å². The Labute approximate surface area is 143 Å². The summed E-state index contributed by atoms with van der Waals surface area (Å²) in [5, 5.41) is 0. The molecule has 1 fully saturated rings. The molecular formula is C21H24N2O. The SMILES string of the molecule is CN(C)C1CCN(C(c2ccccc2)c2ccc3cccc-3o2)C1. The van der Waals surface area contributed by atoms with Gasteiger partial charge < -0.3 is 9.32 Å². The number of benzene rings is 1. The lowest BCUT2D eigenvalue weighted by Gasteiger charge is -2.29. The Bertz CT molecular complexity index is 764. The molecule has 2 atom stereocenters. The van der Waals surface area contributed by atoms with Gasteiger partial charge in [0.1, 0.15) is 11.5 Å². The van der Waals surface area contributed by atoms with Crippen LogP contribution in [0, 0.1) is 0 Å². The van der Waals surface area contributed by atoms with Crippen molar-refractivity contribution in [2.45, 2.75) is 18.5 Å². The highest BCUT2D eigenvalue weighted by Crippen LogP contribution is 2.35. The van der Waals surface area contributed by atoms with Crippen LogP contribution in [0.3, 0.4) is 0 Å². The first-order valence-corrected chi connectivity index (χ1v) is 8.66. The third kappa shape index (κ3) is 2.85. The molecule has 4 rings (SSSR count). The van der Waals surface area contributed by atoms with Crippen LogP contribution in [0.25, 0.3) is 11.3 Å². The van der Waals surface area contributed by atoms with Gasteiger partial charge in [0.15, 0.2) is 0 Å². The largest absolute Gasteiger partial charge is 0.459 e. The zero-order chi connectivity index (χ0) is 16.5. The molecule has 0 spiro atoms. The van der Waals surface area contributed by atoms with Gasteiger partial charge in [0, 0.05) is 24.7 Å². The molecule has 3 nitrogen and oxygen atoms in total. The maximum atomic E-state index is 6.27. The summed E-state index contributed by atoms with van der Waals surface area (Å²) in [5.41, 5.74) is 2.46. The van der Waals surface area contributed by atoms with Crippen LogP contribution in [-0.4, -0.2) is 43.0 Å². The summed E-state index contributed by atoms with van der Waals surface area (Å²) < 4.78 is 6.27.